The standard InChI is InChI=1S/C19H29NO4/c1-14(2)7-5-8-15(3)20-18(21)13-24-19(22)17-10-6-9-16(11-17)12-23-4/h6,9-11,14-15H,5,7-8,12-13H2,1-4H3,(H,20,21). The number of hydrogen-bond acceptors (Lipinski definition) is 4. The lowest BCUT2D eigenvalue weighted by Crippen LogP contribution is -2.35. The quantitative estimate of drug-likeness (QED) is 0.666. The van der Waals surface area contributed by atoms with E-state index in [4.69, 9.17) is 9.47 Å². The minimum Gasteiger partial charge on any atom is -0.452 e. The molecular formula is C19H29NO4. The lowest BCUT2D eigenvalue weighted by molar-refractivity contribution is -0.124. The lowest BCUT2D eigenvalue weighted by Gasteiger charge is -2.14. The molecular weight excluding hydrogens is 306 g/mol. The topological polar surface area (TPSA) is 64.6 Å². The van der Waals surface area contributed by atoms with E-state index in [-0.39, 0.29) is 18.6 Å². The zero-order chi connectivity index (χ0) is 17.9. The van der Waals surface area contributed by atoms with Gasteiger partial charge in [0.25, 0.3) is 5.91 Å². The fourth-order valence-corrected chi connectivity index (χ4v) is 2.39. The van der Waals surface area contributed by atoms with Gasteiger partial charge in [-0.15, -0.1) is 0 Å². The van der Waals surface area contributed by atoms with Crippen molar-refractivity contribution in [1.82, 2.24) is 5.32 Å². The van der Waals surface area contributed by atoms with Gasteiger partial charge < -0.3 is 14.8 Å². The van der Waals surface area contributed by atoms with Crippen LogP contribution >= 0.6 is 0 Å². The van der Waals surface area contributed by atoms with E-state index in [9.17, 15) is 9.59 Å². The second-order valence-corrected chi connectivity index (χ2v) is 6.50. The number of nitrogens with one attached hydrogen (secondary N) is 1. The first-order chi connectivity index (χ1) is 11.4. The molecule has 0 saturated heterocycles. The molecule has 1 unspecified atom stereocenters. The Bertz CT molecular complexity index is 528. The summed E-state index contributed by atoms with van der Waals surface area (Å²) in [5, 5.41) is 2.86. The molecule has 5 nitrogen and oxygen atoms in total. The van der Waals surface area contributed by atoms with Gasteiger partial charge in [-0.3, -0.25) is 4.79 Å². The number of rotatable bonds is 10. The molecule has 0 bridgehead atoms. The summed E-state index contributed by atoms with van der Waals surface area (Å²) < 4.78 is 10.1. The van der Waals surface area contributed by atoms with Crippen LogP contribution in [0.1, 0.15) is 56.0 Å². The SMILES string of the molecule is COCc1cccc(C(=O)OCC(=O)NC(C)CCCC(C)C)c1. The van der Waals surface area contributed by atoms with Crippen LogP contribution in [0, 0.1) is 5.92 Å². The Hall–Kier alpha value is -1.88. The third-order valence-electron chi connectivity index (χ3n) is 3.63. The Balaban J connectivity index is 2.35. The molecule has 24 heavy (non-hydrogen) atoms. The van der Waals surface area contributed by atoms with Crippen molar-refractivity contribution in [3.8, 4) is 0 Å². The van der Waals surface area contributed by atoms with Crippen LogP contribution in [0.5, 0.6) is 0 Å². The van der Waals surface area contributed by atoms with Gasteiger partial charge in [0.15, 0.2) is 6.61 Å². The normalized spacial score (nSPS) is 12.0. The molecule has 0 heterocycles. The fourth-order valence-electron chi connectivity index (χ4n) is 2.39. The van der Waals surface area contributed by atoms with Crippen LogP contribution in [0.15, 0.2) is 24.3 Å². The highest BCUT2D eigenvalue weighted by Gasteiger charge is 2.12. The molecule has 1 aromatic carbocycles. The number of hydrogen-bond donors (Lipinski definition) is 1. The molecule has 0 spiro atoms. The number of carbonyl (C=O) groups excluding carboxylic acids is 2. The second kappa shape index (κ2) is 10.8. The number of ether oxygens (including phenoxy) is 2. The van der Waals surface area contributed by atoms with Gasteiger partial charge in [0.1, 0.15) is 0 Å². The highest BCUT2D eigenvalue weighted by Crippen LogP contribution is 2.09. The monoisotopic (exact) mass is 335 g/mol. The van der Waals surface area contributed by atoms with Gasteiger partial charge in [-0.25, -0.2) is 4.79 Å². The maximum atomic E-state index is 12.0. The van der Waals surface area contributed by atoms with Crippen molar-refractivity contribution >= 4 is 11.9 Å². The zero-order valence-electron chi connectivity index (χ0n) is 15.1. The summed E-state index contributed by atoms with van der Waals surface area (Å²) in [6, 6.07) is 7.08. The van der Waals surface area contributed by atoms with Crippen LogP contribution < -0.4 is 5.32 Å². The Morgan fingerprint density at radius 3 is 2.58 bits per heavy atom. The molecule has 0 aliphatic heterocycles. The number of benzene rings is 1. The van der Waals surface area contributed by atoms with Gasteiger partial charge in [-0.05, 0) is 37.0 Å². The summed E-state index contributed by atoms with van der Waals surface area (Å²) in [6.45, 7) is 6.50. The smallest absolute Gasteiger partial charge is 0.338 e. The van der Waals surface area contributed by atoms with Crippen molar-refractivity contribution in [3.63, 3.8) is 0 Å². The fraction of sp³-hybridized carbons (Fsp3) is 0.579. The summed E-state index contributed by atoms with van der Waals surface area (Å²) in [7, 11) is 1.59. The first kappa shape index (κ1) is 20.2. The van der Waals surface area contributed by atoms with E-state index in [0.29, 0.717) is 18.1 Å². The summed E-state index contributed by atoms with van der Waals surface area (Å²) in [6.07, 6.45) is 3.15. The summed E-state index contributed by atoms with van der Waals surface area (Å²) in [5.74, 6) is -0.105. The van der Waals surface area contributed by atoms with Crippen molar-refractivity contribution in [2.45, 2.75) is 52.7 Å². The highest BCUT2D eigenvalue weighted by molar-refractivity contribution is 5.91. The third kappa shape index (κ3) is 8.11. The average Bonchev–Trinajstić information content (AvgIpc) is 2.52. The Labute approximate surface area is 144 Å². The number of carbonyl (C=O) groups is 2. The molecule has 0 aliphatic rings. The Morgan fingerprint density at radius 1 is 1.17 bits per heavy atom. The zero-order valence-corrected chi connectivity index (χ0v) is 15.1. The first-order valence-corrected chi connectivity index (χ1v) is 8.46. The first-order valence-electron chi connectivity index (χ1n) is 8.46. The van der Waals surface area contributed by atoms with E-state index in [0.717, 1.165) is 24.8 Å². The van der Waals surface area contributed by atoms with Crippen molar-refractivity contribution < 1.29 is 19.1 Å². The molecule has 0 saturated carbocycles. The van der Waals surface area contributed by atoms with Gasteiger partial charge in [-0.2, -0.15) is 0 Å². The predicted octanol–water partition coefficient (Wildman–Crippen LogP) is 3.32. The van der Waals surface area contributed by atoms with Crippen molar-refractivity contribution in [1.29, 1.82) is 0 Å². The van der Waals surface area contributed by atoms with E-state index >= 15 is 0 Å². The molecule has 1 N–H and O–H groups in total. The van der Waals surface area contributed by atoms with Crippen LogP contribution in [-0.4, -0.2) is 31.6 Å². The van der Waals surface area contributed by atoms with Gasteiger partial charge in [0, 0.05) is 13.2 Å². The highest BCUT2D eigenvalue weighted by atomic mass is 16.5. The Kier molecular flexibility index (Phi) is 9.08. The van der Waals surface area contributed by atoms with E-state index in [2.05, 4.69) is 19.2 Å². The number of esters is 1. The van der Waals surface area contributed by atoms with Crippen LogP contribution in [-0.2, 0) is 20.9 Å². The van der Waals surface area contributed by atoms with Crippen molar-refractivity contribution in [3.05, 3.63) is 35.4 Å². The molecule has 0 radical (unpaired) electrons. The molecule has 0 fully saturated rings. The molecule has 0 aromatic heterocycles. The average molecular weight is 335 g/mol. The maximum absolute atomic E-state index is 12.0. The largest absolute Gasteiger partial charge is 0.452 e. The molecule has 0 aliphatic carbocycles. The van der Waals surface area contributed by atoms with Crippen LogP contribution in [0.2, 0.25) is 0 Å². The number of amides is 1. The molecule has 134 valence electrons. The van der Waals surface area contributed by atoms with E-state index in [1.807, 2.05) is 13.0 Å². The lowest BCUT2D eigenvalue weighted by atomic mass is 10.0. The number of methoxy groups -OCH3 is 1. The van der Waals surface area contributed by atoms with Crippen molar-refractivity contribution in [2.24, 2.45) is 5.92 Å². The van der Waals surface area contributed by atoms with Crippen LogP contribution in [0.4, 0.5) is 0 Å². The second-order valence-electron chi connectivity index (χ2n) is 6.50. The van der Waals surface area contributed by atoms with E-state index in [1.165, 1.54) is 0 Å². The molecule has 5 heteroatoms. The van der Waals surface area contributed by atoms with Gasteiger partial charge in [0.05, 0.1) is 12.2 Å². The third-order valence-corrected chi connectivity index (χ3v) is 3.63. The van der Waals surface area contributed by atoms with E-state index < -0.39 is 5.97 Å². The minimum absolute atomic E-state index is 0.0833. The molecule has 1 atom stereocenters. The minimum atomic E-state index is -0.504. The summed E-state index contributed by atoms with van der Waals surface area (Å²) >= 11 is 0. The van der Waals surface area contributed by atoms with E-state index in [1.54, 1.807) is 25.3 Å². The molecule has 1 rings (SSSR count). The van der Waals surface area contributed by atoms with Gasteiger partial charge in [-0.1, -0.05) is 38.8 Å². The molecule has 1 amide bonds. The Morgan fingerprint density at radius 2 is 1.92 bits per heavy atom. The van der Waals surface area contributed by atoms with Gasteiger partial charge >= 0.3 is 5.97 Å². The maximum Gasteiger partial charge on any atom is 0.338 e. The van der Waals surface area contributed by atoms with Crippen LogP contribution in [0.25, 0.3) is 0 Å². The summed E-state index contributed by atoms with van der Waals surface area (Å²) in [5.41, 5.74) is 1.30. The molecule has 1 aromatic rings. The summed E-state index contributed by atoms with van der Waals surface area (Å²) in [4.78, 5) is 23.8. The van der Waals surface area contributed by atoms with Crippen LogP contribution in [0.3, 0.4) is 0 Å². The van der Waals surface area contributed by atoms with Gasteiger partial charge in [0.2, 0.25) is 0 Å². The predicted molar refractivity (Wildman–Crippen MR) is 93.7 cm³/mol. The van der Waals surface area contributed by atoms with Crippen molar-refractivity contribution in [2.75, 3.05) is 13.7 Å².